The van der Waals surface area contributed by atoms with Crippen molar-refractivity contribution in [1.29, 1.82) is 0 Å². The van der Waals surface area contributed by atoms with Gasteiger partial charge in [0.2, 0.25) is 0 Å². The minimum absolute atomic E-state index is 0.00514. The van der Waals surface area contributed by atoms with Crippen LogP contribution in [0.25, 0.3) is 10.9 Å². The number of hydrogen-bond acceptors (Lipinski definition) is 3. The van der Waals surface area contributed by atoms with Crippen LogP contribution in [-0.4, -0.2) is 21.8 Å². The zero-order valence-corrected chi connectivity index (χ0v) is 11.0. The maximum Gasteiger partial charge on any atom is 0.337 e. The lowest BCUT2D eigenvalue weighted by Crippen LogP contribution is -2.11. The van der Waals surface area contributed by atoms with Crippen LogP contribution in [0.15, 0.2) is 60.8 Å². The van der Waals surface area contributed by atoms with E-state index < -0.39 is 5.97 Å². The fourth-order valence-electron chi connectivity index (χ4n) is 2.29. The number of hydrogen-bond donors (Lipinski definition) is 1. The molecule has 1 N–H and O–H groups in total. The van der Waals surface area contributed by atoms with Crippen molar-refractivity contribution >= 4 is 22.7 Å². The lowest BCUT2D eigenvalue weighted by molar-refractivity contribution is 0.0695. The van der Waals surface area contributed by atoms with Crippen molar-refractivity contribution in [1.82, 2.24) is 4.98 Å². The van der Waals surface area contributed by atoms with Crippen molar-refractivity contribution in [2.45, 2.75) is 0 Å². The van der Waals surface area contributed by atoms with E-state index in [1.807, 2.05) is 0 Å². The number of carboxylic acids is 1. The first-order chi connectivity index (χ1) is 10.2. The van der Waals surface area contributed by atoms with Gasteiger partial charge in [-0.05, 0) is 6.07 Å². The number of nitrogens with zero attached hydrogens (tertiary/aromatic N) is 1. The van der Waals surface area contributed by atoms with Crippen LogP contribution in [0.1, 0.15) is 26.3 Å². The Kier molecular flexibility index (Phi) is 3.20. The highest BCUT2D eigenvalue weighted by atomic mass is 16.4. The molecule has 102 valence electrons. The third-order valence-electron chi connectivity index (χ3n) is 3.27. The molecule has 0 aliphatic carbocycles. The van der Waals surface area contributed by atoms with Crippen molar-refractivity contribution in [2.75, 3.05) is 0 Å². The number of rotatable bonds is 3. The Hall–Kier alpha value is -3.01. The van der Waals surface area contributed by atoms with Crippen molar-refractivity contribution in [3.63, 3.8) is 0 Å². The molecule has 0 saturated carbocycles. The van der Waals surface area contributed by atoms with Crippen LogP contribution in [0.2, 0.25) is 0 Å². The number of carbonyl (C=O) groups excluding carboxylic acids is 1. The lowest BCUT2D eigenvalue weighted by atomic mass is 9.97. The van der Waals surface area contributed by atoms with Crippen LogP contribution >= 0.6 is 0 Å². The van der Waals surface area contributed by atoms with Gasteiger partial charge in [-0.25, -0.2) is 4.79 Å². The fraction of sp³-hybridized carbons (Fsp3) is 0. The van der Waals surface area contributed by atoms with Gasteiger partial charge < -0.3 is 5.11 Å². The van der Waals surface area contributed by atoms with Crippen LogP contribution in [0, 0.1) is 0 Å². The number of pyridine rings is 1. The number of carbonyl (C=O) groups is 2. The van der Waals surface area contributed by atoms with Gasteiger partial charge in [0.15, 0.2) is 5.78 Å². The summed E-state index contributed by atoms with van der Waals surface area (Å²) in [4.78, 5) is 28.3. The summed E-state index contributed by atoms with van der Waals surface area (Å²) < 4.78 is 0. The molecule has 0 bridgehead atoms. The number of fused-ring (bicyclic) bond motifs is 1. The summed E-state index contributed by atoms with van der Waals surface area (Å²) in [5.41, 5.74) is 1.10. The van der Waals surface area contributed by atoms with Crippen molar-refractivity contribution < 1.29 is 14.7 Å². The van der Waals surface area contributed by atoms with Gasteiger partial charge >= 0.3 is 5.97 Å². The number of benzene rings is 2. The van der Waals surface area contributed by atoms with E-state index in [-0.39, 0.29) is 16.9 Å². The second kappa shape index (κ2) is 5.17. The van der Waals surface area contributed by atoms with Crippen molar-refractivity contribution in [2.24, 2.45) is 0 Å². The quantitative estimate of drug-likeness (QED) is 0.747. The first kappa shape index (κ1) is 13.0. The van der Waals surface area contributed by atoms with Crippen LogP contribution in [0.5, 0.6) is 0 Å². The summed E-state index contributed by atoms with van der Waals surface area (Å²) in [5.74, 6) is -1.47. The van der Waals surface area contributed by atoms with E-state index in [1.165, 1.54) is 6.20 Å². The fourth-order valence-corrected chi connectivity index (χ4v) is 2.29. The second-order valence-electron chi connectivity index (χ2n) is 4.56. The highest BCUT2D eigenvalue weighted by molar-refractivity contribution is 6.18. The van der Waals surface area contributed by atoms with Gasteiger partial charge in [-0.1, -0.05) is 48.5 Å². The van der Waals surface area contributed by atoms with Gasteiger partial charge in [0.05, 0.1) is 16.6 Å². The molecule has 1 heterocycles. The van der Waals surface area contributed by atoms with E-state index in [2.05, 4.69) is 4.98 Å². The smallest absolute Gasteiger partial charge is 0.337 e. The van der Waals surface area contributed by atoms with Crippen LogP contribution < -0.4 is 0 Å². The van der Waals surface area contributed by atoms with Gasteiger partial charge in [0, 0.05) is 17.1 Å². The maximum atomic E-state index is 12.5. The number of aromatic carboxylic acids is 1. The maximum absolute atomic E-state index is 12.5. The third-order valence-corrected chi connectivity index (χ3v) is 3.27. The second-order valence-corrected chi connectivity index (χ2v) is 4.56. The molecule has 1 aromatic heterocycles. The average molecular weight is 277 g/mol. The molecule has 2 aromatic carbocycles. The first-order valence-corrected chi connectivity index (χ1v) is 6.39. The molecule has 0 fully saturated rings. The van der Waals surface area contributed by atoms with Crippen LogP contribution in [-0.2, 0) is 0 Å². The molecule has 4 nitrogen and oxygen atoms in total. The van der Waals surface area contributed by atoms with Gasteiger partial charge in [-0.3, -0.25) is 9.78 Å². The molecule has 0 aliphatic heterocycles. The molecule has 0 aliphatic rings. The van der Waals surface area contributed by atoms with Gasteiger partial charge in [-0.15, -0.1) is 0 Å². The van der Waals surface area contributed by atoms with E-state index in [0.29, 0.717) is 16.5 Å². The Morgan fingerprint density at radius 1 is 0.905 bits per heavy atom. The van der Waals surface area contributed by atoms with Crippen LogP contribution in [0.3, 0.4) is 0 Å². The largest absolute Gasteiger partial charge is 0.478 e. The van der Waals surface area contributed by atoms with E-state index >= 15 is 0 Å². The topological polar surface area (TPSA) is 67.3 Å². The molecule has 3 rings (SSSR count). The van der Waals surface area contributed by atoms with E-state index in [0.717, 1.165) is 0 Å². The highest BCUT2D eigenvalue weighted by Gasteiger charge is 2.21. The minimum Gasteiger partial charge on any atom is -0.478 e. The Bertz CT molecular complexity index is 841. The number of para-hydroxylation sites is 1. The zero-order valence-electron chi connectivity index (χ0n) is 11.0. The van der Waals surface area contributed by atoms with Crippen molar-refractivity contribution in [3.05, 3.63) is 77.5 Å². The van der Waals surface area contributed by atoms with E-state index in [9.17, 15) is 14.7 Å². The summed E-state index contributed by atoms with van der Waals surface area (Å²) in [6.07, 6.45) is 1.33. The Morgan fingerprint density at radius 2 is 1.57 bits per heavy atom. The Morgan fingerprint density at radius 3 is 2.29 bits per heavy atom. The molecule has 0 radical (unpaired) electrons. The zero-order chi connectivity index (χ0) is 14.8. The molecule has 21 heavy (non-hydrogen) atoms. The SMILES string of the molecule is O=C(c1ccccc1)c1cnc2ccccc2c1C(=O)O. The van der Waals surface area contributed by atoms with Crippen molar-refractivity contribution in [3.8, 4) is 0 Å². The lowest BCUT2D eigenvalue weighted by Gasteiger charge is -2.08. The average Bonchev–Trinajstić information content (AvgIpc) is 2.53. The first-order valence-electron chi connectivity index (χ1n) is 6.39. The molecule has 4 heteroatoms. The van der Waals surface area contributed by atoms with E-state index in [1.54, 1.807) is 54.6 Å². The molecule has 0 spiro atoms. The third kappa shape index (κ3) is 2.27. The predicted octanol–water partition coefficient (Wildman–Crippen LogP) is 3.16. The molecule has 0 amide bonds. The van der Waals surface area contributed by atoms with E-state index in [4.69, 9.17) is 0 Å². The summed E-state index contributed by atoms with van der Waals surface area (Å²) in [7, 11) is 0. The molecule has 3 aromatic rings. The molecule has 0 atom stereocenters. The Labute approximate surface area is 120 Å². The summed E-state index contributed by atoms with van der Waals surface area (Å²) >= 11 is 0. The standard InChI is InChI=1S/C17H11NO3/c19-16(11-6-2-1-3-7-11)13-10-18-14-9-5-4-8-12(14)15(13)17(20)21/h1-10H,(H,20,21). The summed E-state index contributed by atoms with van der Waals surface area (Å²) in [6, 6.07) is 15.5. The van der Waals surface area contributed by atoms with Gasteiger partial charge in [0.1, 0.15) is 0 Å². The number of ketones is 1. The molecule has 0 saturated heterocycles. The predicted molar refractivity (Wildman–Crippen MR) is 78.6 cm³/mol. The molecular formula is C17H11NO3. The molecular weight excluding hydrogens is 266 g/mol. The summed E-state index contributed by atoms with van der Waals surface area (Å²) in [5, 5.41) is 9.94. The molecule has 0 unspecified atom stereocenters. The Balaban J connectivity index is 2.26. The minimum atomic E-state index is -1.13. The number of aromatic nitrogens is 1. The van der Waals surface area contributed by atoms with Crippen LogP contribution in [0.4, 0.5) is 0 Å². The monoisotopic (exact) mass is 277 g/mol. The normalized spacial score (nSPS) is 10.5. The van der Waals surface area contributed by atoms with Gasteiger partial charge in [0.25, 0.3) is 0 Å². The summed E-state index contributed by atoms with van der Waals surface area (Å²) in [6.45, 7) is 0. The highest BCUT2D eigenvalue weighted by Crippen LogP contribution is 2.22. The number of carboxylic acid groups (broad SMARTS) is 1. The van der Waals surface area contributed by atoms with Gasteiger partial charge in [-0.2, -0.15) is 0 Å².